The number of aliphatic carboxylic acids is 1. The van der Waals surface area contributed by atoms with Gasteiger partial charge in [-0.1, -0.05) is 123 Å². The predicted octanol–water partition coefficient (Wildman–Crippen LogP) is 9.47. The maximum Gasteiger partial charge on any atom is 0.320 e. The normalized spacial score (nSPS) is 13.0. The van der Waals surface area contributed by atoms with Gasteiger partial charge >= 0.3 is 11.9 Å². The Balaban J connectivity index is 0.000000348. The molecule has 0 aliphatic rings. The van der Waals surface area contributed by atoms with E-state index < -0.39 is 57.3 Å². The fourth-order valence-electron chi connectivity index (χ4n) is 6.88. The number of esters is 1. The number of benzene rings is 5. The number of carbonyl (C=O) groups is 2. The van der Waals surface area contributed by atoms with Gasteiger partial charge in [0.25, 0.3) is 0 Å². The number of sulfonamides is 1. The molecular weight excluding hydrogens is 892 g/mol. The zero-order chi connectivity index (χ0) is 45.8. The van der Waals surface area contributed by atoms with Gasteiger partial charge in [-0.3, -0.25) is 19.7 Å². The minimum atomic E-state index is -3.75. The first kappa shape index (κ1) is 53.1. The van der Waals surface area contributed by atoms with Crippen LogP contribution in [0.2, 0.25) is 0 Å². The summed E-state index contributed by atoms with van der Waals surface area (Å²) >= 11 is 0. The van der Waals surface area contributed by atoms with E-state index in [1.165, 1.54) is 33.4 Å². The first-order valence-electron chi connectivity index (χ1n) is 20.0. The standard InChI is InChI=1S/C24H28N2O2S.C13H15NO6.C12H18.Ru/c1-24(2,3)20-14-16-21(17-15-20)29(27,28)26-23(19-12-8-5-9-13-19)22(25)18-10-6-4-7-11-18;1-8-3-5-9(6-4-8)10(7-14(18)19)11(12(15)16)13(17)20-2;1-7-8(2)10(4)12(6)11(5)9(7)3;/h4-17,22-23,26H,25H2,1-3H3;3-6,10-11H,7H2,1-2H3,(H,15,16);1-6H3;/t22-,23-;;;/m0.../s1. The average Bonchev–Trinajstić information content (AvgIpc) is 3.23. The fourth-order valence-corrected chi connectivity index (χ4v) is 8.12. The van der Waals surface area contributed by atoms with Crippen LogP contribution in [0.15, 0.2) is 114 Å². The Hall–Kier alpha value is -5.07. The SMILES string of the molecule is CC(C)(C)c1ccc(S(=O)(=O)N[C@@H](c2ccccc2)[C@@H](N)c2ccccc2)cc1.COC(=O)C(C(=O)O)C(C[N+](=O)[O-])c1ccc(C)cc1.Cc1c(C)c(C)c(C)c(C)c1C.[Ru]. The Labute approximate surface area is 380 Å². The molecule has 0 bridgehead atoms. The summed E-state index contributed by atoms with van der Waals surface area (Å²) in [5.74, 6) is -5.11. The maximum atomic E-state index is 13.1. The number of carboxylic acids is 1. The molecule has 4 N–H and O–H groups in total. The molecule has 5 aromatic carbocycles. The number of rotatable bonds is 12. The molecule has 4 atom stereocenters. The number of nitrogens with two attached hydrogens (primary N) is 1. The van der Waals surface area contributed by atoms with Crippen LogP contribution in [-0.2, 0) is 49.2 Å². The van der Waals surface area contributed by atoms with Gasteiger partial charge in [0.05, 0.1) is 30.0 Å². The first-order valence-corrected chi connectivity index (χ1v) is 21.5. The van der Waals surface area contributed by atoms with Crippen molar-refractivity contribution in [2.45, 2.75) is 97.5 Å². The number of hydrogen-bond donors (Lipinski definition) is 3. The zero-order valence-electron chi connectivity index (χ0n) is 37.5. The van der Waals surface area contributed by atoms with Gasteiger partial charge in [0.15, 0.2) is 5.92 Å². The number of hydrogen-bond acceptors (Lipinski definition) is 8. The van der Waals surface area contributed by atoms with E-state index in [9.17, 15) is 28.1 Å². The molecule has 62 heavy (non-hydrogen) atoms. The average molecular weight is 953 g/mol. The van der Waals surface area contributed by atoms with E-state index in [0.29, 0.717) is 5.56 Å². The first-order chi connectivity index (χ1) is 28.5. The molecule has 0 heterocycles. The Kier molecular flexibility index (Phi) is 20.0. The van der Waals surface area contributed by atoms with Crippen molar-refractivity contribution in [2.24, 2.45) is 11.7 Å². The number of nitrogens with one attached hydrogen (secondary N) is 1. The Morgan fingerprint density at radius 3 is 1.50 bits per heavy atom. The topological polar surface area (TPSA) is 179 Å². The minimum absolute atomic E-state index is 0. The summed E-state index contributed by atoms with van der Waals surface area (Å²) in [7, 11) is -2.70. The van der Waals surface area contributed by atoms with Crippen molar-refractivity contribution in [3.8, 4) is 0 Å². The molecule has 334 valence electrons. The van der Waals surface area contributed by atoms with Gasteiger partial charge < -0.3 is 15.6 Å². The van der Waals surface area contributed by atoms with E-state index in [1.54, 1.807) is 36.4 Å². The van der Waals surface area contributed by atoms with Crippen LogP contribution in [0.1, 0.15) is 100.0 Å². The van der Waals surface area contributed by atoms with Crippen molar-refractivity contribution >= 4 is 22.0 Å². The largest absolute Gasteiger partial charge is 0.481 e. The summed E-state index contributed by atoms with van der Waals surface area (Å²) in [5.41, 5.74) is 19.3. The third kappa shape index (κ3) is 14.2. The molecular formula is C49H61N3O8RuS. The maximum absolute atomic E-state index is 13.1. The summed E-state index contributed by atoms with van der Waals surface area (Å²) in [6.07, 6.45) is 0. The molecule has 0 saturated carbocycles. The van der Waals surface area contributed by atoms with Gasteiger partial charge in [0, 0.05) is 24.4 Å². The van der Waals surface area contributed by atoms with Crippen LogP contribution >= 0.6 is 0 Å². The fraction of sp³-hybridized carbons (Fsp3) is 0.347. The number of nitrogens with zero attached hydrogens (tertiary/aromatic N) is 1. The Bertz CT molecular complexity index is 2260. The summed E-state index contributed by atoms with van der Waals surface area (Å²) in [6.45, 7) is 20.7. The van der Waals surface area contributed by atoms with E-state index in [0.717, 1.165) is 29.4 Å². The second-order valence-electron chi connectivity index (χ2n) is 16.3. The van der Waals surface area contributed by atoms with Crippen molar-refractivity contribution in [1.82, 2.24) is 4.72 Å². The molecule has 0 fully saturated rings. The van der Waals surface area contributed by atoms with E-state index >= 15 is 0 Å². The van der Waals surface area contributed by atoms with Crippen LogP contribution in [0.5, 0.6) is 0 Å². The number of nitro groups is 1. The zero-order valence-corrected chi connectivity index (χ0v) is 40.1. The van der Waals surface area contributed by atoms with Crippen molar-refractivity contribution in [2.75, 3.05) is 13.7 Å². The van der Waals surface area contributed by atoms with Crippen LogP contribution in [-0.4, -0.2) is 44.0 Å². The minimum Gasteiger partial charge on any atom is -0.481 e. The number of aryl methyl sites for hydroxylation is 1. The van der Waals surface area contributed by atoms with Gasteiger partial charge in [-0.15, -0.1) is 0 Å². The molecule has 0 saturated heterocycles. The van der Waals surface area contributed by atoms with Gasteiger partial charge in [0.1, 0.15) is 0 Å². The molecule has 0 radical (unpaired) electrons. The summed E-state index contributed by atoms with van der Waals surface area (Å²) in [6, 6.07) is 31.5. The van der Waals surface area contributed by atoms with Gasteiger partial charge in [-0.2, -0.15) is 0 Å². The molecule has 0 spiro atoms. The summed E-state index contributed by atoms with van der Waals surface area (Å²) < 4.78 is 33.6. The molecule has 13 heteroatoms. The van der Waals surface area contributed by atoms with Crippen LogP contribution < -0.4 is 10.5 Å². The molecule has 5 rings (SSSR count). The summed E-state index contributed by atoms with van der Waals surface area (Å²) in [4.78, 5) is 33.2. The third-order valence-corrected chi connectivity index (χ3v) is 12.8. The van der Waals surface area contributed by atoms with Crippen molar-refractivity contribution < 1.29 is 52.3 Å². The smallest absolute Gasteiger partial charge is 0.320 e. The number of carbonyl (C=O) groups excluding carboxylic acids is 1. The Morgan fingerprint density at radius 2 is 1.13 bits per heavy atom. The molecule has 0 aromatic heterocycles. The third-order valence-electron chi connectivity index (χ3n) is 11.4. The van der Waals surface area contributed by atoms with Crippen LogP contribution in [0.4, 0.5) is 0 Å². The predicted molar refractivity (Wildman–Crippen MR) is 242 cm³/mol. The monoisotopic (exact) mass is 953 g/mol. The van der Waals surface area contributed by atoms with Gasteiger partial charge in [0.2, 0.25) is 16.6 Å². The molecule has 0 aliphatic carbocycles. The molecule has 0 amide bonds. The van der Waals surface area contributed by atoms with Crippen LogP contribution in [0, 0.1) is 64.5 Å². The number of carboxylic acid groups (broad SMARTS) is 1. The second-order valence-corrected chi connectivity index (χ2v) is 18.1. The number of methoxy groups -OCH3 is 1. The van der Waals surface area contributed by atoms with Gasteiger partial charge in [-0.25, -0.2) is 13.1 Å². The van der Waals surface area contributed by atoms with E-state index in [1.807, 2.05) is 79.7 Å². The quantitative estimate of drug-likeness (QED) is 0.0361. The van der Waals surface area contributed by atoms with Crippen molar-refractivity contribution in [3.05, 3.63) is 181 Å². The molecule has 5 aromatic rings. The van der Waals surface area contributed by atoms with E-state index in [2.05, 4.69) is 71.8 Å². The van der Waals surface area contributed by atoms with E-state index in [-0.39, 0.29) is 29.8 Å². The van der Waals surface area contributed by atoms with Crippen molar-refractivity contribution in [3.63, 3.8) is 0 Å². The number of ether oxygens (including phenoxy) is 1. The second kappa shape index (κ2) is 23.4. The summed E-state index contributed by atoms with van der Waals surface area (Å²) in [5, 5.41) is 19.9. The van der Waals surface area contributed by atoms with E-state index in [4.69, 9.17) is 10.8 Å². The molecule has 2 unspecified atom stereocenters. The molecule has 11 nitrogen and oxygen atoms in total. The van der Waals surface area contributed by atoms with Crippen LogP contribution in [0.3, 0.4) is 0 Å². The molecule has 0 aliphatic heterocycles. The van der Waals surface area contributed by atoms with Crippen LogP contribution in [0.25, 0.3) is 0 Å². The van der Waals surface area contributed by atoms with Gasteiger partial charge in [-0.05, 0) is 122 Å². The Morgan fingerprint density at radius 1 is 0.710 bits per heavy atom. The van der Waals surface area contributed by atoms with Crippen molar-refractivity contribution in [1.29, 1.82) is 0 Å².